The minimum Gasteiger partial charge on any atom is -0.472 e. The van der Waals surface area contributed by atoms with Gasteiger partial charge in [0, 0.05) is 42.2 Å². The van der Waals surface area contributed by atoms with E-state index in [-0.39, 0.29) is 44.0 Å². The normalized spacial score (nSPS) is 17.9. The SMILES string of the molecule is CN(c1nc(OCC23CCCN2CCC3)nc2c(F)c(-c3ccc(F)c4sc(N)nc34)c(-c3ccoc3)cc12)C1CN(C(N)=O)C1. The molecule has 14 heteroatoms. The first-order valence-electron chi connectivity index (χ1n) is 15.3. The Balaban J connectivity index is 1.32. The van der Waals surface area contributed by atoms with E-state index in [0.29, 0.717) is 47.6 Å². The van der Waals surface area contributed by atoms with Gasteiger partial charge < -0.3 is 30.4 Å². The molecule has 8 rings (SSSR count). The number of aromatic nitrogens is 3. The average Bonchev–Trinajstić information content (AvgIpc) is 3.80. The number of hydrogen-bond donors (Lipinski definition) is 2. The molecule has 3 aromatic heterocycles. The highest BCUT2D eigenvalue weighted by atomic mass is 32.1. The van der Waals surface area contributed by atoms with E-state index in [1.807, 2.05) is 18.0 Å². The molecule has 3 saturated heterocycles. The molecule has 3 fully saturated rings. The van der Waals surface area contributed by atoms with Crippen molar-refractivity contribution in [3.05, 3.63) is 48.4 Å². The largest absolute Gasteiger partial charge is 0.472 e. The lowest BCUT2D eigenvalue weighted by atomic mass is 9.92. The number of fused-ring (bicyclic) bond motifs is 3. The van der Waals surface area contributed by atoms with Crippen LogP contribution in [0.4, 0.5) is 24.5 Å². The molecule has 3 aliphatic rings. The van der Waals surface area contributed by atoms with Crippen LogP contribution in [0.25, 0.3) is 43.4 Å². The van der Waals surface area contributed by atoms with Crippen molar-refractivity contribution in [3.8, 4) is 28.3 Å². The van der Waals surface area contributed by atoms with Crippen LogP contribution in [-0.4, -0.2) is 82.2 Å². The third-order valence-corrected chi connectivity index (χ3v) is 10.7. The van der Waals surface area contributed by atoms with Crippen LogP contribution < -0.4 is 21.1 Å². The summed E-state index contributed by atoms with van der Waals surface area (Å²) < 4.78 is 44.1. The van der Waals surface area contributed by atoms with Crippen molar-refractivity contribution in [1.29, 1.82) is 0 Å². The number of primary amides is 1. The molecule has 0 spiro atoms. The van der Waals surface area contributed by atoms with Gasteiger partial charge in [0.1, 0.15) is 23.8 Å². The Hall–Kier alpha value is -4.56. The molecule has 0 saturated carbocycles. The standard InChI is InChI=1S/C32H32F2N8O3S/c1-40(18-13-41(14-18)30(36)43)28-21-12-20(17-6-11-44-15-17)23(19-4-5-22(33)27-26(19)37-29(35)46-27)24(34)25(21)38-31(39-28)45-16-32-7-2-9-42(32)10-3-8-32/h4-6,11-12,15,18H,2-3,7-10,13-14,16H2,1H3,(H2,35,37)(H2,36,43). The molecule has 5 aromatic rings. The number of carbonyl (C=O) groups excluding carboxylic acids is 1. The van der Waals surface area contributed by atoms with Gasteiger partial charge in [0.05, 0.1) is 34.3 Å². The minimum absolute atomic E-state index is 0.0491. The summed E-state index contributed by atoms with van der Waals surface area (Å²) in [7, 11) is 1.85. The smallest absolute Gasteiger partial charge is 0.319 e. The summed E-state index contributed by atoms with van der Waals surface area (Å²) in [6, 6.07) is 5.82. The second-order valence-corrected chi connectivity index (χ2v) is 13.4. The molecular formula is C32H32F2N8O3S. The van der Waals surface area contributed by atoms with Crippen LogP contribution in [0.5, 0.6) is 6.01 Å². The maximum Gasteiger partial charge on any atom is 0.319 e. The second-order valence-electron chi connectivity index (χ2n) is 12.4. The highest BCUT2D eigenvalue weighted by Gasteiger charge is 2.45. The van der Waals surface area contributed by atoms with Gasteiger partial charge in [0.2, 0.25) is 0 Å². The van der Waals surface area contributed by atoms with Crippen LogP contribution in [0, 0.1) is 11.6 Å². The number of hydrogen-bond acceptors (Lipinski definition) is 10. The maximum atomic E-state index is 17.3. The molecule has 2 aromatic carbocycles. The molecule has 0 bridgehead atoms. The van der Waals surface area contributed by atoms with Crippen molar-refractivity contribution in [3.63, 3.8) is 0 Å². The molecule has 3 aliphatic heterocycles. The lowest BCUT2D eigenvalue weighted by Crippen LogP contribution is -2.61. The first-order chi connectivity index (χ1) is 22.2. The Bertz CT molecular complexity index is 1990. The lowest BCUT2D eigenvalue weighted by molar-refractivity contribution is 0.107. The zero-order chi connectivity index (χ0) is 31.7. The third kappa shape index (κ3) is 4.53. The number of rotatable bonds is 7. The maximum absolute atomic E-state index is 17.3. The second kappa shape index (κ2) is 10.8. The Morgan fingerprint density at radius 3 is 2.63 bits per heavy atom. The topological polar surface area (TPSA) is 140 Å². The number of thiazole rings is 1. The van der Waals surface area contributed by atoms with E-state index < -0.39 is 17.7 Å². The Morgan fingerprint density at radius 1 is 1.13 bits per heavy atom. The van der Waals surface area contributed by atoms with E-state index >= 15 is 4.39 Å². The molecule has 0 aliphatic carbocycles. The predicted molar refractivity (Wildman–Crippen MR) is 172 cm³/mol. The number of ether oxygens (including phenoxy) is 1. The van der Waals surface area contributed by atoms with E-state index in [0.717, 1.165) is 50.1 Å². The fourth-order valence-corrected chi connectivity index (χ4v) is 8.10. The molecule has 46 heavy (non-hydrogen) atoms. The zero-order valence-electron chi connectivity index (χ0n) is 25.1. The number of carbonyl (C=O) groups is 1. The van der Waals surface area contributed by atoms with E-state index in [4.69, 9.17) is 25.6 Å². The van der Waals surface area contributed by atoms with Gasteiger partial charge in [-0.15, -0.1) is 0 Å². The summed E-state index contributed by atoms with van der Waals surface area (Å²) in [6.45, 7) is 3.28. The molecule has 238 valence electrons. The van der Waals surface area contributed by atoms with Crippen molar-refractivity contribution in [2.45, 2.75) is 37.3 Å². The molecule has 0 radical (unpaired) electrons. The Morgan fingerprint density at radius 2 is 1.91 bits per heavy atom. The minimum atomic E-state index is -0.635. The Labute approximate surface area is 266 Å². The number of halogens is 2. The van der Waals surface area contributed by atoms with Gasteiger partial charge in [-0.2, -0.15) is 9.97 Å². The molecular weight excluding hydrogens is 614 g/mol. The number of nitrogens with two attached hydrogens (primary N) is 2. The van der Waals surface area contributed by atoms with Crippen LogP contribution in [0.2, 0.25) is 0 Å². The van der Waals surface area contributed by atoms with Crippen LogP contribution in [0.3, 0.4) is 0 Å². The molecule has 0 atom stereocenters. The van der Waals surface area contributed by atoms with Gasteiger partial charge in [0.15, 0.2) is 10.9 Å². The molecule has 0 unspecified atom stereocenters. The Kier molecular flexibility index (Phi) is 6.76. The van der Waals surface area contributed by atoms with Gasteiger partial charge >= 0.3 is 12.0 Å². The monoisotopic (exact) mass is 646 g/mol. The van der Waals surface area contributed by atoms with Crippen molar-refractivity contribution in [2.24, 2.45) is 5.73 Å². The summed E-state index contributed by atoms with van der Waals surface area (Å²) in [6.07, 6.45) is 7.30. The van der Waals surface area contributed by atoms with Crippen LogP contribution >= 0.6 is 11.3 Å². The summed E-state index contributed by atoms with van der Waals surface area (Å²) in [5, 5.41) is 0.620. The lowest BCUT2D eigenvalue weighted by Gasteiger charge is -2.43. The summed E-state index contributed by atoms with van der Waals surface area (Å²) in [5.74, 6) is -0.665. The van der Waals surface area contributed by atoms with Crippen molar-refractivity contribution >= 4 is 49.4 Å². The van der Waals surface area contributed by atoms with Gasteiger partial charge in [-0.05, 0) is 68.6 Å². The first-order valence-corrected chi connectivity index (χ1v) is 16.1. The zero-order valence-corrected chi connectivity index (χ0v) is 25.9. The number of nitrogens with zero attached hydrogens (tertiary/aromatic N) is 6. The molecule has 11 nitrogen and oxygen atoms in total. The predicted octanol–water partition coefficient (Wildman–Crippen LogP) is 5.23. The van der Waals surface area contributed by atoms with Gasteiger partial charge in [-0.3, -0.25) is 4.90 Å². The van der Waals surface area contributed by atoms with Gasteiger partial charge in [0.25, 0.3) is 0 Å². The highest BCUT2D eigenvalue weighted by Crippen LogP contribution is 2.45. The van der Waals surface area contributed by atoms with Crippen molar-refractivity contribution in [1.82, 2.24) is 24.8 Å². The average molecular weight is 647 g/mol. The molecule has 4 N–H and O–H groups in total. The van der Waals surface area contributed by atoms with Crippen LogP contribution in [0.1, 0.15) is 25.7 Å². The molecule has 2 amide bonds. The third-order valence-electron chi connectivity index (χ3n) is 9.84. The van der Waals surface area contributed by atoms with Gasteiger partial charge in [-0.25, -0.2) is 18.6 Å². The number of likely N-dealkylation sites (N-methyl/N-ethyl adjacent to an activating group) is 1. The summed E-state index contributed by atoms with van der Waals surface area (Å²) in [4.78, 5) is 31.6. The van der Waals surface area contributed by atoms with E-state index in [1.54, 1.807) is 6.07 Å². The summed E-state index contributed by atoms with van der Waals surface area (Å²) >= 11 is 1.01. The highest BCUT2D eigenvalue weighted by molar-refractivity contribution is 7.22. The van der Waals surface area contributed by atoms with Crippen molar-refractivity contribution < 1.29 is 22.7 Å². The van der Waals surface area contributed by atoms with E-state index in [1.165, 1.54) is 29.6 Å². The number of nitrogen functional groups attached to an aromatic ring is 1. The fraction of sp³-hybridized carbons (Fsp3) is 0.375. The number of amides is 2. The van der Waals surface area contributed by atoms with Crippen LogP contribution in [0.15, 0.2) is 41.2 Å². The van der Waals surface area contributed by atoms with Crippen molar-refractivity contribution in [2.75, 3.05) is 50.5 Å². The van der Waals surface area contributed by atoms with E-state index in [2.05, 4.69) is 14.9 Å². The first kappa shape index (κ1) is 28.9. The number of furan rings is 1. The summed E-state index contributed by atoms with van der Waals surface area (Å²) in [5.41, 5.74) is 13.4. The quantitative estimate of drug-likeness (QED) is 0.243. The van der Waals surface area contributed by atoms with Gasteiger partial charge in [-0.1, -0.05) is 11.3 Å². The number of anilines is 2. The van der Waals surface area contributed by atoms with E-state index in [9.17, 15) is 9.18 Å². The number of likely N-dealkylation sites (tertiary alicyclic amines) is 1. The fourth-order valence-electron chi connectivity index (χ4n) is 7.34. The number of urea groups is 1. The van der Waals surface area contributed by atoms with Crippen LogP contribution in [-0.2, 0) is 0 Å². The molecule has 6 heterocycles. The number of benzene rings is 2.